The predicted molar refractivity (Wildman–Crippen MR) is 131 cm³/mol. The number of thiazole rings is 1. The molecule has 1 aromatic heterocycles. The zero-order valence-electron chi connectivity index (χ0n) is 18.8. The van der Waals surface area contributed by atoms with Crippen LogP contribution in [0.2, 0.25) is 0 Å². The number of anilines is 1. The van der Waals surface area contributed by atoms with Gasteiger partial charge >= 0.3 is 0 Å². The lowest BCUT2D eigenvalue weighted by molar-refractivity contribution is 0.0983. The van der Waals surface area contributed by atoms with Gasteiger partial charge in [0.05, 0.1) is 4.70 Å². The number of benzene rings is 3. The second-order valence-electron chi connectivity index (χ2n) is 8.12. The molecule has 0 aliphatic rings. The molecule has 4 aromatic rings. The van der Waals surface area contributed by atoms with E-state index in [1.807, 2.05) is 25.1 Å². The van der Waals surface area contributed by atoms with Crippen molar-refractivity contribution in [1.82, 2.24) is 9.88 Å². The number of aromatic nitrogens is 1. The summed E-state index contributed by atoms with van der Waals surface area (Å²) in [7, 11) is 3.87. The third-order valence-corrected chi connectivity index (χ3v) is 6.32. The van der Waals surface area contributed by atoms with Crippen LogP contribution in [0.1, 0.15) is 32.7 Å². The van der Waals surface area contributed by atoms with Crippen LogP contribution in [0.4, 0.5) is 13.9 Å². The van der Waals surface area contributed by atoms with Crippen molar-refractivity contribution in [2.45, 2.75) is 6.42 Å². The Morgan fingerprint density at radius 2 is 1.53 bits per heavy atom. The largest absolute Gasteiger partial charge is 0.309 e. The normalized spacial score (nSPS) is 11.2. The lowest BCUT2D eigenvalue weighted by Gasteiger charge is -2.21. The van der Waals surface area contributed by atoms with Crippen molar-refractivity contribution in [3.05, 3.63) is 95.1 Å². The highest BCUT2D eigenvalue weighted by Gasteiger charge is 2.23. The van der Waals surface area contributed by atoms with Crippen LogP contribution in [0.15, 0.2) is 66.7 Å². The first-order chi connectivity index (χ1) is 16.3. The van der Waals surface area contributed by atoms with E-state index in [0.717, 1.165) is 23.9 Å². The fourth-order valence-corrected chi connectivity index (χ4v) is 4.60. The summed E-state index contributed by atoms with van der Waals surface area (Å²) in [6.45, 7) is 1.09. The van der Waals surface area contributed by atoms with Gasteiger partial charge in [-0.1, -0.05) is 53.8 Å². The molecular formula is C26H23F2N3O2S. The van der Waals surface area contributed by atoms with Gasteiger partial charge in [-0.15, -0.1) is 0 Å². The smallest absolute Gasteiger partial charge is 0.260 e. The van der Waals surface area contributed by atoms with Gasteiger partial charge in [0.25, 0.3) is 5.91 Å². The van der Waals surface area contributed by atoms with Crippen LogP contribution in [0, 0.1) is 11.6 Å². The molecule has 5 nitrogen and oxygen atoms in total. The number of carbonyl (C=O) groups is 2. The molecule has 0 unspecified atom stereocenters. The van der Waals surface area contributed by atoms with E-state index in [1.165, 1.54) is 11.0 Å². The minimum Gasteiger partial charge on any atom is -0.309 e. The Morgan fingerprint density at radius 1 is 0.882 bits per heavy atom. The van der Waals surface area contributed by atoms with Crippen LogP contribution in [0.3, 0.4) is 0 Å². The molecule has 0 aliphatic heterocycles. The van der Waals surface area contributed by atoms with Gasteiger partial charge in [0.15, 0.2) is 16.7 Å². The molecule has 0 bridgehead atoms. The summed E-state index contributed by atoms with van der Waals surface area (Å²) in [5, 5.41) is 0.299. The highest BCUT2D eigenvalue weighted by molar-refractivity contribution is 7.22. The molecule has 0 saturated heterocycles. The lowest BCUT2D eigenvalue weighted by atomic mass is 10.0. The fraction of sp³-hybridized carbons (Fsp3) is 0.192. The summed E-state index contributed by atoms with van der Waals surface area (Å²) in [6, 6.07) is 17.3. The molecule has 1 amide bonds. The number of hydrogen-bond donors (Lipinski definition) is 0. The van der Waals surface area contributed by atoms with Gasteiger partial charge in [0.2, 0.25) is 0 Å². The fourth-order valence-electron chi connectivity index (χ4n) is 3.57. The van der Waals surface area contributed by atoms with Crippen LogP contribution < -0.4 is 4.90 Å². The van der Waals surface area contributed by atoms with Crippen molar-refractivity contribution >= 4 is 38.4 Å². The van der Waals surface area contributed by atoms with Crippen molar-refractivity contribution in [2.24, 2.45) is 0 Å². The number of hydrogen-bond acceptors (Lipinski definition) is 5. The van der Waals surface area contributed by atoms with Crippen LogP contribution in [-0.2, 0) is 0 Å². The van der Waals surface area contributed by atoms with E-state index in [1.54, 1.807) is 48.5 Å². The second kappa shape index (κ2) is 10.2. The SMILES string of the molecule is CN(C)CCCN(C(=O)c1ccc(C(=O)c2ccccc2)cc1)c1nc2c(F)cc(F)cc2s1. The number of nitrogens with zero attached hydrogens (tertiary/aromatic N) is 3. The van der Waals surface area contributed by atoms with E-state index in [0.29, 0.717) is 39.5 Å². The highest BCUT2D eigenvalue weighted by atomic mass is 32.1. The van der Waals surface area contributed by atoms with Crippen molar-refractivity contribution in [1.29, 1.82) is 0 Å². The monoisotopic (exact) mass is 479 g/mol. The number of ketones is 1. The Labute approximate surface area is 200 Å². The van der Waals surface area contributed by atoms with E-state index in [9.17, 15) is 18.4 Å². The topological polar surface area (TPSA) is 53.5 Å². The van der Waals surface area contributed by atoms with Crippen molar-refractivity contribution in [2.75, 3.05) is 32.1 Å². The van der Waals surface area contributed by atoms with Gasteiger partial charge in [-0.3, -0.25) is 14.5 Å². The summed E-state index contributed by atoms with van der Waals surface area (Å²) >= 11 is 1.07. The first-order valence-electron chi connectivity index (χ1n) is 10.8. The van der Waals surface area contributed by atoms with Crippen LogP contribution in [-0.4, -0.2) is 48.8 Å². The van der Waals surface area contributed by atoms with Crippen molar-refractivity contribution in [3.63, 3.8) is 0 Å². The Hall–Kier alpha value is -3.49. The summed E-state index contributed by atoms with van der Waals surface area (Å²) in [4.78, 5) is 33.9. The molecule has 0 radical (unpaired) electrons. The van der Waals surface area contributed by atoms with E-state index >= 15 is 0 Å². The Morgan fingerprint density at radius 3 is 2.21 bits per heavy atom. The summed E-state index contributed by atoms with van der Waals surface area (Å²) in [5.74, 6) is -1.91. The predicted octanol–water partition coefficient (Wildman–Crippen LogP) is 5.40. The molecule has 0 aliphatic carbocycles. The number of halogens is 2. The maximum atomic E-state index is 14.2. The van der Waals surface area contributed by atoms with Gasteiger partial charge in [0, 0.05) is 29.3 Å². The number of fused-ring (bicyclic) bond motifs is 1. The molecule has 8 heteroatoms. The highest BCUT2D eigenvalue weighted by Crippen LogP contribution is 2.32. The van der Waals surface area contributed by atoms with Gasteiger partial charge < -0.3 is 4.90 Å². The zero-order chi connectivity index (χ0) is 24.2. The average molecular weight is 480 g/mol. The Kier molecular flexibility index (Phi) is 7.09. The van der Waals surface area contributed by atoms with E-state index in [2.05, 4.69) is 4.98 Å². The lowest BCUT2D eigenvalue weighted by Crippen LogP contribution is -2.33. The van der Waals surface area contributed by atoms with Gasteiger partial charge in [0.1, 0.15) is 11.3 Å². The molecule has 0 N–H and O–H groups in total. The molecule has 1 heterocycles. The van der Waals surface area contributed by atoms with Gasteiger partial charge in [-0.25, -0.2) is 13.8 Å². The average Bonchev–Trinajstić information content (AvgIpc) is 3.25. The maximum Gasteiger partial charge on any atom is 0.260 e. The summed E-state index contributed by atoms with van der Waals surface area (Å²) < 4.78 is 28.2. The molecule has 0 saturated carbocycles. The molecule has 0 fully saturated rings. The first kappa shape index (κ1) is 23.7. The second-order valence-corrected chi connectivity index (χ2v) is 9.13. The molecule has 174 valence electrons. The molecule has 4 rings (SSSR count). The van der Waals surface area contributed by atoms with Crippen LogP contribution in [0.25, 0.3) is 10.2 Å². The summed E-state index contributed by atoms with van der Waals surface area (Å²) in [5.41, 5.74) is 1.45. The van der Waals surface area contributed by atoms with E-state index < -0.39 is 11.6 Å². The number of amides is 1. The molecular weight excluding hydrogens is 456 g/mol. The first-order valence-corrected chi connectivity index (χ1v) is 11.6. The molecule has 0 atom stereocenters. The Bertz CT molecular complexity index is 1320. The Balaban J connectivity index is 1.63. The van der Waals surface area contributed by atoms with Gasteiger partial charge in [-0.2, -0.15) is 0 Å². The zero-order valence-corrected chi connectivity index (χ0v) is 19.6. The quantitative estimate of drug-likeness (QED) is 0.318. The van der Waals surface area contributed by atoms with Crippen LogP contribution in [0.5, 0.6) is 0 Å². The summed E-state index contributed by atoms with van der Waals surface area (Å²) in [6.07, 6.45) is 0.663. The maximum absolute atomic E-state index is 14.2. The van der Waals surface area contributed by atoms with E-state index in [-0.39, 0.29) is 17.2 Å². The van der Waals surface area contributed by atoms with Gasteiger partial charge in [-0.05, 0) is 45.3 Å². The third-order valence-electron chi connectivity index (χ3n) is 5.30. The minimum absolute atomic E-state index is 0.0376. The standard InChI is InChI=1S/C26H23F2N3O2S/c1-30(2)13-6-14-31(26-29-23-21(28)15-20(27)16-22(23)34-26)25(33)19-11-9-18(10-12-19)24(32)17-7-4-3-5-8-17/h3-5,7-12,15-16H,6,13-14H2,1-2H3. The molecule has 3 aromatic carbocycles. The third kappa shape index (κ3) is 5.18. The minimum atomic E-state index is -0.762. The number of carbonyl (C=O) groups excluding carboxylic acids is 2. The van der Waals surface area contributed by atoms with Crippen molar-refractivity contribution in [3.8, 4) is 0 Å². The van der Waals surface area contributed by atoms with E-state index in [4.69, 9.17) is 0 Å². The molecule has 0 spiro atoms. The number of rotatable bonds is 8. The molecule has 34 heavy (non-hydrogen) atoms. The van der Waals surface area contributed by atoms with Crippen LogP contribution >= 0.6 is 11.3 Å². The van der Waals surface area contributed by atoms with Crippen molar-refractivity contribution < 1.29 is 18.4 Å².